The molecule has 0 aliphatic rings. The number of anilines is 2. The molecule has 0 spiro atoms. The molecule has 0 unspecified atom stereocenters. The lowest BCUT2D eigenvalue weighted by molar-refractivity contribution is -0.146. The monoisotopic (exact) mass is 748 g/mol. The maximum atomic E-state index is 12.3. The van der Waals surface area contributed by atoms with Crippen molar-refractivity contribution in [3.05, 3.63) is 47.5 Å². The van der Waals surface area contributed by atoms with Crippen molar-refractivity contribution in [2.75, 3.05) is 71.1 Å². The second-order valence-electron chi connectivity index (χ2n) is 13.7. The van der Waals surface area contributed by atoms with Crippen LogP contribution in [0.25, 0.3) is 0 Å². The van der Waals surface area contributed by atoms with Crippen LogP contribution in [0.1, 0.15) is 79.4 Å². The molecule has 0 atom stereocenters. The van der Waals surface area contributed by atoms with E-state index in [0.717, 1.165) is 24.0 Å². The fourth-order valence-electron chi connectivity index (χ4n) is 4.45. The van der Waals surface area contributed by atoms with E-state index in [-0.39, 0.29) is 13.2 Å². The maximum absolute atomic E-state index is 12.3. The highest BCUT2D eigenvalue weighted by Gasteiger charge is 2.22. The number of carbonyl (C=O) groups excluding carboxylic acids is 4. The topological polar surface area (TPSA) is 157 Å². The van der Waals surface area contributed by atoms with Gasteiger partial charge in [0.25, 0.3) is 0 Å². The molecule has 53 heavy (non-hydrogen) atoms. The van der Waals surface area contributed by atoms with Crippen molar-refractivity contribution in [3.63, 3.8) is 0 Å². The van der Waals surface area contributed by atoms with Crippen LogP contribution in [-0.2, 0) is 50.9 Å². The summed E-state index contributed by atoms with van der Waals surface area (Å²) in [6.07, 6.45) is 1.96. The molecular weight excluding hydrogens is 688 g/mol. The average molecular weight is 749 g/mol. The van der Waals surface area contributed by atoms with E-state index in [1.165, 1.54) is 4.90 Å². The number of aryl methyl sites for hydroxylation is 2. The summed E-state index contributed by atoms with van der Waals surface area (Å²) in [6, 6.07) is 10.6. The number of amides is 2. The van der Waals surface area contributed by atoms with Crippen molar-refractivity contribution in [2.45, 2.75) is 92.3 Å². The molecule has 0 aliphatic carbocycles. The molecule has 0 saturated heterocycles. The lowest BCUT2D eigenvalue weighted by atomic mass is 10.1. The Morgan fingerprint density at radius 1 is 0.679 bits per heavy atom. The predicted octanol–water partition coefficient (Wildman–Crippen LogP) is 7.13. The van der Waals surface area contributed by atoms with E-state index in [9.17, 15) is 19.2 Å². The largest absolute Gasteiger partial charge is 0.482 e. The lowest BCUT2D eigenvalue weighted by Gasteiger charge is -2.25. The zero-order chi connectivity index (χ0) is 40.0. The first kappa shape index (κ1) is 46.5. The first-order valence-corrected chi connectivity index (χ1v) is 17.7. The zero-order valence-corrected chi connectivity index (χ0v) is 33.4. The summed E-state index contributed by atoms with van der Waals surface area (Å²) >= 11 is 0. The number of ether oxygens (including phenoxy) is 8. The summed E-state index contributed by atoms with van der Waals surface area (Å²) < 4.78 is 41.8. The summed E-state index contributed by atoms with van der Waals surface area (Å²) in [6.45, 7) is 15.8. The average Bonchev–Trinajstić information content (AvgIpc) is 3.06. The molecule has 2 rings (SSSR count). The van der Waals surface area contributed by atoms with Gasteiger partial charge in [-0.05, 0) is 129 Å². The van der Waals surface area contributed by atoms with Crippen molar-refractivity contribution in [1.29, 1.82) is 0 Å². The van der Waals surface area contributed by atoms with Crippen LogP contribution < -0.4 is 19.7 Å². The summed E-state index contributed by atoms with van der Waals surface area (Å²) in [4.78, 5) is 48.7. The van der Waals surface area contributed by atoms with Gasteiger partial charge in [0.15, 0.2) is 13.2 Å². The molecular formula is C39H60N2O12. The smallest absolute Gasteiger partial charge is 0.414 e. The number of benzene rings is 2. The zero-order valence-electron chi connectivity index (χ0n) is 33.4. The SMILES string of the molecule is CCOC(=O)COc1ccc(N(C)C(=O)OC(C)(C)C)cc1CCCOC.CCOC(=O)COc1ccc(NC(=O)OC(C)(C)C)cc1CCCOC. The van der Waals surface area contributed by atoms with Gasteiger partial charge >= 0.3 is 24.1 Å². The summed E-state index contributed by atoms with van der Waals surface area (Å²) in [5.41, 5.74) is 1.86. The summed E-state index contributed by atoms with van der Waals surface area (Å²) in [7, 11) is 4.94. The molecule has 0 heterocycles. The molecule has 1 N–H and O–H groups in total. The molecule has 14 nitrogen and oxygen atoms in total. The van der Waals surface area contributed by atoms with E-state index in [0.29, 0.717) is 62.1 Å². The van der Waals surface area contributed by atoms with Crippen LogP contribution in [0.3, 0.4) is 0 Å². The molecule has 298 valence electrons. The number of nitrogens with zero attached hydrogens (tertiary/aromatic N) is 1. The third kappa shape index (κ3) is 20.3. The quantitative estimate of drug-likeness (QED) is 0.0936. The molecule has 2 aromatic rings. The highest BCUT2D eigenvalue weighted by molar-refractivity contribution is 5.87. The Labute approximate surface area is 314 Å². The molecule has 14 heteroatoms. The minimum atomic E-state index is -0.575. The molecule has 0 fully saturated rings. The second-order valence-corrected chi connectivity index (χ2v) is 13.7. The van der Waals surface area contributed by atoms with Gasteiger partial charge in [-0.25, -0.2) is 19.2 Å². The first-order valence-electron chi connectivity index (χ1n) is 17.7. The van der Waals surface area contributed by atoms with Gasteiger partial charge in [0, 0.05) is 45.9 Å². The van der Waals surface area contributed by atoms with Crippen molar-refractivity contribution < 1.29 is 57.1 Å². The molecule has 2 aromatic carbocycles. The molecule has 0 aromatic heterocycles. The Kier molecular flexibility index (Phi) is 20.9. The van der Waals surface area contributed by atoms with Gasteiger partial charge in [0.2, 0.25) is 0 Å². The number of methoxy groups -OCH3 is 2. The van der Waals surface area contributed by atoms with Gasteiger partial charge in [-0.1, -0.05) is 0 Å². The van der Waals surface area contributed by atoms with Crippen molar-refractivity contribution in [1.82, 2.24) is 0 Å². The second kappa shape index (κ2) is 23.9. The lowest BCUT2D eigenvalue weighted by Crippen LogP contribution is -2.34. The van der Waals surface area contributed by atoms with Crippen LogP contribution in [0.5, 0.6) is 11.5 Å². The van der Waals surface area contributed by atoms with E-state index >= 15 is 0 Å². The Hall–Kier alpha value is -4.56. The van der Waals surface area contributed by atoms with Crippen molar-refractivity contribution in [3.8, 4) is 11.5 Å². The Morgan fingerprint density at radius 3 is 1.60 bits per heavy atom. The van der Waals surface area contributed by atoms with E-state index in [2.05, 4.69) is 5.32 Å². The Balaban J connectivity index is 0.000000530. The Morgan fingerprint density at radius 2 is 1.15 bits per heavy atom. The number of esters is 2. The van der Waals surface area contributed by atoms with Crippen LogP contribution in [0, 0.1) is 0 Å². The molecule has 2 amide bonds. The third-order valence-corrected chi connectivity index (χ3v) is 6.70. The van der Waals surface area contributed by atoms with E-state index in [1.54, 1.807) is 86.2 Å². The maximum Gasteiger partial charge on any atom is 0.414 e. The number of hydrogen-bond donors (Lipinski definition) is 1. The number of rotatable bonds is 18. The van der Waals surface area contributed by atoms with Gasteiger partial charge < -0.3 is 37.9 Å². The van der Waals surface area contributed by atoms with Crippen LogP contribution in [-0.4, -0.2) is 96.2 Å². The van der Waals surface area contributed by atoms with Crippen molar-refractivity contribution in [2.24, 2.45) is 0 Å². The van der Waals surface area contributed by atoms with Crippen LogP contribution in [0.2, 0.25) is 0 Å². The summed E-state index contributed by atoms with van der Waals surface area (Å²) in [5.74, 6) is 0.311. The van der Waals surface area contributed by atoms with Gasteiger partial charge in [0.05, 0.1) is 13.2 Å². The van der Waals surface area contributed by atoms with Gasteiger partial charge in [0.1, 0.15) is 22.7 Å². The predicted molar refractivity (Wildman–Crippen MR) is 202 cm³/mol. The van der Waals surface area contributed by atoms with Gasteiger partial charge in [-0.15, -0.1) is 0 Å². The molecule has 0 bridgehead atoms. The van der Waals surface area contributed by atoms with Gasteiger partial charge in [-0.3, -0.25) is 10.2 Å². The fourth-order valence-corrected chi connectivity index (χ4v) is 4.45. The van der Waals surface area contributed by atoms with Crippen LogP contribution in [0.15, 0.2) is 36.4 Å². The summed E-state index contributed by atoms with van der Waals surface area (Å²) in [5, 5.41) is 2.70. The fraction of sp³-hybridized carbons (Fsp3) is 0.590. The first-order chi connectivity index (χ1) is 24.9. The van der Waals surface area contributed by atoms with Crippen LogP contribution >= 0.6 is 0 Å². The van der Waals surface area contributed by atoms with E-state index in [4.69, 9.17) is 37.9 Å². The van der Waals surface area contributed by atoms with Gasteiger partial charge in [-0.2, -0.15) is 0 Å². The minimum absolute atomic E-state index is 0.160. The number of nitrogens with one attached hydrogen (secondary N) is 1. The highest BCUT2D eigenvalue weighted by atomic mass is 16.6. The molecule has 0 saturated carbocycles. The Bertz CT molecular complexity index is 1430. The van der Waals surface area contributed by atoms with Crippen LogP contribution in [0.4, 0.5) is 21.0 Å². The molecule has 0 radical (unpaired) electrons. The molecule has 0 aliphatic heterocycles. The standard InChI is InChI=1S/C20H31NO6.C19H29NO6/c1-7-25-18(22)14-26-17-11-10-16(13-15(17)9-8-12-24-6)21(5)19(23)27-20(2,3)4;1-6-24-17(21)13-25-16-10-9-15(12-14(16)8-7-11-23-5)20-18(22)26-19(2,3)4/h10-11,13H,7-9,12,14H2,1-6H3;9-10,12H,6-8,11,13H2,1-5H3,(H,20,22). The number of carbonyl (C=O) groups is 4. The number of hydrogen-bond acceptors (Lipinski definition) is 12. The third-order valence-electron chi connectivity index (χ3n) is 6.70. The normalized spacial score (nSPS) is 11.0. The van der Waals surface area contributed by atoms with E-state index in [1.807, 2.05) is 26.8 Å². The van der Waals surface area contributed by atoms with E-state index < -0.39 is 35.3 Å². The highest BCUT2D eigenvalue weighted by Crippen LogP contribution is 2.28. The minimum Gasteiger partial charge on any atom is -0.482 e. The van der Waals surface area contributed by atoms with Crippen molar-refractivity contribution >= 4 is 35.5 Å².